The quantitative estimate of drug-likeness (QED) is 0.739. The highest BCUT2D eigenvalue weighted by molar-refractivity contribution is 5.83. The first-order valence-electron chi connectivity index (χ1n) is 5.27. The van der Waals surface area contributed by atoms with E-state index in [9.17, 15) is 4.39 Å². The molecule has 0 aliphatic carbocycles. The summed E-state index contributed by atoms with van der Waals surface area (Å²) in [5.41, 5.74) is 2.17. The van der Waals surface area contributed by atoms with Crippen LogP contribution in [0.1, 0.15) is 12.5 Å². The molecule has 2 rings (SSSR count). The van der Waals surface area contributed by atoms with Crippen LogP contribution in [0.4, 0.5) is 4.39 Å². The maximum atomic E-state index is 13.1. The molecule has 0 aliphatic heterocycles. The number of H-pyrrole nitrogens is 1. The highest BCUT2D eigenvalue weighted by Crippen LogP contribution is 2.19. The molecule has 1 aromatic carbocycles. The Morgan fingerprint density at radius 3 is 3.07 bits per heavy atom. The number of hydrogen-bond donors (Lipinski definition) is 2. The summed E-state index contributed by atoms with van der Waals surface area (Å²) in [7, 11) is 0. The molecule has 0 amide bonds. The third-order valence-electron chi connectivity index (χ3n) is 2.55. The van der Waals surface area contributed by atoms with Crippen molar-refractivity contribution in [3.63, 3.8) is 0 Å². The van der Waals surface area contributed by atoms with E-state index in [-0.39, 0.29) is 5.82 Å². The lowest BCUT2D eigenvalue weighted by Crippen LogP contribution is -2.15. The number of fused-ring (bicyclic) bond motifs is 1. The Labute approximate surface area is 88.5 Å². The van der Waals surface area contributed by atoms with Gasteiger partial charge in [-0.3, -0.25) is 0 Å². The molecule has 0 fully saturated rings. The van der Waals surface area contributed by atoms with Crippen LogP contribution in [0.25, 0.3) is 10.9 Å². The van der Waals surface area contributed by atoms with Crippen LogP contribution >= 0.6 is 0 Å². The van der Waals surface area contributed by atoms with Crippen molar-refractivity contribution in [1.82, 2.24) is 10.3 Å². The van der Waals surface area contributed by atoms with Crippen molar-refractivity contribution in [2.24, 2.45) is 0 Å². The zero-order chi connectivity index (χ0) is 10.7. The molecular formula is C12H15FN2. The van der Waals surface area contributed by atoms with E-state index in [1.165, 1.54) is 11.6 Å². The van der Waals surface area contributed by atoms with Crippen LogP contribution < -0.4 is 5.32 Å². The van der Waals surface area contributed by atoms with Crippen LogP contribution in [0, 0.1) is 5.82 Å². The van der Waals surface area contributed by atoms with Crippen molar-refractivity contribution in [2.75, 3.05) is 13.1 Å². The van der Waals surface area contributed by atoms with Crippen LogP contribution in [0.5, 0.6) is 0 Å². The molecule has 15 heavy (non-hydrogen) atoms. The van der Waals surface area contributed by atoms with Crippen molar-refractivity contribution in [3.05, 3.63) is 35.8 Å². The molecule has 2 aromatic rings. The van der Waals surface area contributed by atoms with Crippen molar-refractivity contribution < 1.29 is 4.39 Å². The SMILES string of the molecule is CCNCCc1c[nH]c2ccc(F)cc12. The maximum absolute atomic E-state index is 13.1. The van der Waals surface area contributed by atoms with Crippen molar-refractivity contribution in [3.8, 4) is 0 Å². The lowest BCUT2D eigenvalue weighted by molar-refractivity contribution is 0.629. The average Bonchev–Trinajstić information content (AvgIpc) is 2.62. The zero-order valence-electron chi connectivity index (χ0n) is 8.81. The maximum Gasteiger partial charge on any atom is 0.123 e. The van der Waals surface area contributed by atoms with E-state index in [4.69, 9.17) is 0 Å². The van der Waals surface area contributed by atoms with Gasteiger partial charge in [0.1, 0.15) is 5.82 Å². The van der Waals surface area contributed by atoms with Crippen molar-refractivity contribution >= 4 is 10.9 Å². The molecule has 0 unspecified atom stereocenters. The van der Waals surface area contributed by atoms with Crippen LogP contribution in [0.2, 0.25) is 0 Å². The summed E-state index contributed by atoms with van der Waals surface area (Å²) < 4.78 is 13.1. The molecule has 2 nitrogen and oxygen atoms in total. The fraction of sp³-hybridized carbons (Fsp3) is 0.333. The Balaban J connectivity index is 2.23. The number of nitrogens with one attached hydrogen (secondary N) is 2. The van der Waals surface area contributed by atoms with Gasteiger partial charge in [-0.15, -0.1) is 0 Å². The van der Waals surface area contributed by atoms with Gasteiger partial charge in [0, 0.05) is 17.1 Å². The first kappa shape index (κ1) is 10.2. The van der Waals surface area contributed by atoms with Crippen LogP contribution in [0.15, 0.2) is 24.4 Å². The Morgan fingerprint density at radius 2 is 2.27 bits per heavy atom. The number of likely N-dealkylation sites (N-methyl/N-ethyl adjacent to an activating group) is 1. The predicted molar refractivity (Wildman–Crippen MR) is 60.5 cm³/mol. The molecule has 0 spiro atoms. The molecule has 0 atom stereocenters. The second-order valence-electron chi connectivity index (χ2n) is 3.61. The van der Waals surface area contributed by atoms with Gasteiger partial charge in [0.25, 0.3) is 0 Å². The molecule has 0 aliphatic rings. The summed E-state index contributed by atoms with van der Waals surface area (Å²) in [6, 6.07) is 4.85. The van der Waals surface area contributed by atoms with E-state index in [2.05, 4.69) is 17.2 Å². The normalized spacial score (nSPS) is 11.1. The summed E-state index contributed by atoms with van der Waals surface area (Å²) in [5.74, 6) is -0.174. The van der Waals surface area contributed by atoms with Gasteiger partial charge in [0.2, 0.25) is 0 Å². The molecule has 80 valence electrons. The van der Waals surface area contributed by atoms with Crippen LogP contribution in [-0.4, -0.2) is 18.1 Å². The van der Waals surface area contributed by atoms with Gasteiger partial charge < -0.3 is 10.3 Å². The Kier molecular flexibility index (Phi) is 3.02. The van der Waals surface area contributed by atoms with E-state index in [1.807, 2.05) is 6.20 Å². The molecule has 1 aromatic heterocycles. The summed E-state index contributed by atoms with van der Waals surface area (Å²) in [5, 5.41) is 4.25. The number of aromatic nitrogens is 1. The third kappa shape index (κ3) is 2.18. The molecule has 0 radical (unpaired) electrons. The molecule has 0 saturated carbocycles. The molecule has 0 saturated heterocycles. The first-order valence-corrected chi connectivity index (χ1v) is 5.27. The first-order chi connectivity index (χ1) is 7.31. The van der Waals surface area contributed by atoms with Gasteiger partial charge in [-0.1, -0.05) is 6.92 Å². The monoisotopic (exact) mass is 206 g/mol. The fourth-order valence-electron chi connectivity index (χ4n) is 1.76. The number of halogens is 1. The smallest absolute Gasteiger partial charge is 0.123 e. The summed E-state index contributed by atoms with van der Waals surface area (Å²) >= 11 is 0. The fourth-order valence-corrected chi connectivity index (χ4v) is 1.76. The van der Waals surface area contributed by atoms with Crippen molar-refractivity contribution in [2.45, 2.75) is 13.3 Å². The number of benzene rings is 1. The molecule has 2 N–H and O–H groups in total. The largest absolute Gasteiger partial charge is 0.361 e. The van der Waals surface area contributed by atoms with E-state index in [0.717, 1.165) is 30.4 Å². The van der Waals surface area contributed by atoms with Crippen LogP contribution in [-0.2, 0) is 6.42 Å². The minimum absolute atomic E-state index is 0.174. The Bertz CT molecular complexity index is 448. The number of rotatable bonds is 4. The number of aromatic amines is 1. The summed E-state index contributed by atoms with van der Waals surface area (Å²) in [6.07, 6.45) is 2.89. The Morgan fingerprint density at radius 1 is 1.40 bits per heavy atom. The van der Waals surface area contributed by atoms with Gasteiger partial charge in [0.15, 0.2) is 0 Å². The molecule has 1 heterocycles. The van der Waals surface area contributed by atoms with Gasteiger partial charge >= 0.3 is 0 Å². The molecule has 3 heteroatoms. The van der Waals surface area contributed by atoms with Gasteiger partial charge in [-0.05, 0) is 43.3 Å². The van der Waals surface area contributed by atoms with E-state index < -0.39 is 0 Å². The Hall–Kier alpha value is -1.35. The van der Waals surface area contributed by atoms with Gasteiger partial charge in [-0.2, -0.15) is 0 Å². The van der Waals surface area contributed by atoms with E-state index >= 15 is 0 Å². The number of hydrogen-bond acceptors (Lipinski definition) is 1. The van der Waals surface area contributed by atoms with Crippen LogP contribution in [0.3, 0.4) is 0 Å². The lowest BCUT2D eigenvalue weighted by Gasteiger charge is -2.00. The molecular weight excluding hydrogens is 191 g/mol. The lowest BCUT2D eigenvalue weighted by atomic mass is 10.1. The third-order valence-corrected chi connectivity index (χ3v) is 2.55. The average molecular weight is 206 g/mol. The van der Waals surface area contributed by atoms with Gasteiger partial charge in [0.05, 0.1) is 0 Å². The summed E-state index contributed by atoms with van der Waals surface area (Å²) in [4.78, 5) is 3.15. The van der Waals surface area contributed by atoms with Gasteiger partial charge in [-0.25, -0.2) is 4.39 Å². The highest BCUT2D eigenvalue weighted by Gasteiger charge is 2.03. The van der Waals surface area contributed by atoms with Crippen molar-refractivity contribution in [1.29, 1.82) is 0 Å². The summed E-state index contributed by atoms with van der Waals surface area (Å²) in [6.45, 7) is 3.98. The highest BCUT2D eigenvalue weighted by atomic mass is 19.1. The predicted octanol–water partition coefficient (Wildman–Crippen LogP) is 2.46. The van der Waals surface area contributed by atoms with E-state index in [1.54, 1.807) is 12.1 Å². The minimum atomic E-state index is -0.174. The second-order valence-corrected chi connectivity index (χ2v) is 3.61. The van der Waals surface area contributed by atoms with E-state index in [0.29, 0.717) is 0 Å². The molecule has 0 bridgehead atoms. The second kappa shape index (κ2) is 4.45. The minimum Gasteiger partial charge on any atom is -0.361 e. The topological polar surface area (TPSA) is 27.8 Å². The standard InChI is InChI=1S/C12H15FN2/c1-2-14-6-5-9-8-15-12-4-3-10(13)7-11(9)12/h3-4,7-8,14-15H,2,5-6H2,1H3. The zero-order valence-corrected chi connectivity index (χ0v) is 8.81.